The number of nitrogens with one attached hydrogen (secondary N) is 1. The summed E-state index contributed by atoms with van der Waals surface area (Å²) in [5.74, 6) is 1.56. The van der Waals surface area contributed by atoms with Crippen LogP contribution >= 0.6 is 0 Å². The van der Waals surface area contributed by atoms with Crippen molar-refractivity contribution in [2.75, 3.05) is 25.2 Å². The minimum atomic E-state index is -0.661. The van der Waals surface area contributed by atoms with Crippen molar-refractivity contribution in [2.24, 2.45) is 5.92 Å². The van der Waals surface area contributed by atoms with Gasteiger partial charge >= 0.3 is 0 Å². The predicted octanol–water partition coefficient (Wildman–Crippen LogP) is 3.72. The highest BCUT2D eigenvalue weighted by atomic mass is 16.7. The number of ether oxygens (including phenoxy) is 2. The molecule has 1 saturated carbocycles. The Hall–Kier alpha value is -2.57. The van der Waals surface area contributed by atoms with Crippen LogP contribution in [0.3, 0.4) is 0 Å². The highest BCUT2D eigenvalue weighted by Crippen LogP contribution is 2.50. The van der Waals surface area contributed by atoms with E-state index in [0.717, 1.165) is 48.4 Å². The first-order chi connectivity index (χ1) is 14.6. The highest BCUT2D eigenvalue weighted by molar-refractivity contribution is 5.92. The van der Waals surface area contributed by atoms with Gasteiger partial charge in [-0.2, -0.15) is 0 Å². The lowest BCUT2D eigenvalue weighted by molar-refractivity contribution is -0.135. The van der Waals surface area contributed by atoms with Crippen LogP contribution in [0, 0.1) is 5.92 Å². The van der Waals surface area contributed by atoms with Crippen molar-refractivity contribution in [3.05, 3.63) is 54.1 Å². The summed E-state index contributed by atoms with van der Waals surface area (Å²) in [4.78, 5) is 15.0. The molecule has 158 valence electrons. The van der Waals surface area contributed by atoms with Gasteiger partial charge in [-0.3, -0.25) is 9.69 Å². The van der Waals surface area contributed by atoms with E-state index in [0.29, 0.717) is 19.5 Å². The largest absolute Gasteiger partial charge is 0.454 e. The quantitative estimate of drug-likeness (QED) is 0.807. The maximum atomic E-state index is 12.8. The number of hydrogen-bond acceptors (Lipinski definition) is 5. The summed E-state index contributed by atoms with van der Waals surface area (Å²) in [5, 5.41) is 14.4. The Labute approximate surface area is 176 Å². The van der Waals surface area contributed by atoms with Gasteiger partial charge in [0.2, 0.25) is 12.7 Å². The van der Waals surface area contributed by atoms with Gasteiger partial charge in [0.25, 0.3) is 0 Å². The van der Waals surface area contributed by atoms with Gasteiger partial charge in [0, 0.05) is 24.2 Å². The molecular formula is C24H28N2O4. The van der Waals surface area contributed by atoms with E-state index in [4.69, 9.17) is 9.47 Å². The third-order valence-corrected chi connectivity index (χ3v) is 6.81. The minimum absolute atomic E-state index is 0.0277. The van der Waals surface area contributed by atoms with Crippen LogP contribution in [0.2, 0.25) is 0 Å². The van der Waals surface area contributed by atoms with Gasteiger partial charge in [-0.05, 0) is 49.1 Å². The minimum Gasteiger partial charge on any atom is -0.454 e. The second-order valence-corrected chi connectivity index (χ2v) is 8.65. The molecule has 30 heavy (non-hydrogen) atoms. The number of rotatable bonds is 4. The zero-order valence-corrected chi connectivity index (χ0v) is 17.0. The summed E-state index contributed by atoms with van der Waals surface area (Å²) < 4.78 is 11.1. The first-order valence-electron chi connectivity index (χ1n) is 10.8. The molecule has 0 spiro atoms. The first kappa shape index (κ1) is 19.4. The molecule has 2 fully saturated rings. The molecule has 0 aromatic heterocycles. The molecule has 1 aliphatic carbocycles. The van der Waals surface area contributed by atoms with Crippen LogP contribution in [0.1, 0.15) is 43.7 Å². The van der Waals surface area contributed by atoms with Gasteiger partial charge in [0.05, 0.1) is 12.1 Å². The number of carbonyl (C=O) groups is 1. The monoisotopic (exact) mass is 408 g/mol. The number of aliphatic hydroxyl groups is 1. The molecule has 5 rings (SSSR count). The Morgan fingerprint density at radius 3 is 2.80 bits per heavy atom. The number of benzene rings is 2. The first-order valence-corrected chi connectivity index (χ1v) is 10.8. The number of nitrogens with zero attached hydrogens (tertiary/aromatic N) is 1. The number of amides is 1. The van der Waals surface area contributed by atoms with E-state index in [1.807, 2.05) is 42.5 Å². The maximum Gasteiger partial charge on any atom is 0.238 e. The third kappa shape index (κ3) is 3.66. The molecule has 3 atom stereocenters. The molecule has 0 radical (unpaired) electrons. The Morgan fingerprint density at radius 2 is 1.93 bits per heavy atom. The van der Waals surface area contributed by atoms with Gasteiger partial charge in [-0.1, -0.05) is 37.1 Å². The molecule has 1 amide bonds. The summed E-state index contributed by atoms with van der Waals surface area (Å²) in [6.07, 6.45) is 4.68. The van der Waals surface area contributed by atoms with Crippen molar-refractivity contribution in [1.82, 2.24) is 4.90 Å². The smallest absolute Gasteiger partial charge is 0.238 e. The molecule has 0 unspecified atom stereocenters. The van der Waals surface area contributed by atoms with Gasteiger partial charge in [0.1, 0.15) is 0 Å². The lowest BCUT2D eigenvalue weighted by Crippen LogP contribution is -2.56. The van der Waals surface area contributed by atoms with Crippen molar-refractivity contribution in [1.29, 1.82) is 0 Å². The molecule has 2 N–H and O–H groups in total. The lowest BCUT2D eigenvalue weighted by atomic mass is 9.66. The predicted molar refractivity (Wildman–Crippen MR) is 113 cm³/mol. The molecule has 2 heterocycles. The number of anilines is 1. The third-order valence-electron chi connectivity index (χ3n) is 6.81. The van der Waals surface area contributed by atoms with Crippen LogP contribution in [-0.2, 0) is 4.79 Å². The number of carbonyl (C=O) groups excluding carboxylic acids is 1. The Balaban J connectivity index is 1.42. The summed E-state index contributed by atoms with van der Waals surface area (Å²) in [6.45, 7) is 1.22. The summed E-state index contributed by atoms with van der Waals surface area (Å²) >= 11 is 0. The SMILES string of the molecule is O=C(CN1CC[C@]2(O)CCCC[C@@H]2[C@@H]1c1ccc2c(c1)OCO2)Nc1ccccc1. The van der Waals surface area contributed by atoms with Gasteiger partial charge in [-0.15, -0.1) is 0 Å². The van der Waals surface area contributed by atoms with E-state index in [9.17, 15) is 9.90 Å². The van der Waals surface area contributed by atoms with E-state index < -0.39 is 5.60 Å². The van der Waals surface area contributed by atoms with Crippen LogP contribution in [0.15, 0.2) is 48.5 Å². The topological polar surface area (TPSA) is 71.0 Å². The molecule has 2 aliphatic heterocycles. The van der Waals surface area contributed by atoms with Crippen molar-refractivity contribution in [3.63, 3.8) is 0 Å². The molecule has 6 nitrogen and oxygen atoms in total. The molecule has 2 aromatic carbocycles. The van der Waals surface area contributed by atoms with Crippen molar-refractivity contribution < 1.29 is 19.4 Å². The molecular weight excluding hydrogens is 380 g/mol. The van der Waals surface area contributed by atoms with Gasteiger partial charge in [-0.25, -0.2) is 0 Å². The fraction of sp³-hybridized carbons (Fsp3) is 0.458. The number of piperidine rings is 1. The van der Waals surface area contributed by atoms with Crippen LogP contribution in [0.4, 0.5) is 5.69 Å². The molecule has 1 saturated heterocycles. The maximum absolute atomic E-state index is 12.8. The van der Waals surface area contributed by atoms with E-state index in [2.05, 4.69) is 16.3 Å². The second-order valence-electron chi connectivity index (χ2n) is 8.65. The van der Waals surface area contributed by atoms with Gasteiger partial charge < -0.3 is 19.9 Å². The van der Waals surface area contributed by atoms with Crippen LogP contribution < -0.4 is 14.8 Å². The van der Waals surface area contributed by atoms with Crippen LogP contribution in [0.5, 0.6) is 11.5 Å². The zero-order valence-electron chi connectivity index (χ0n) is 17.0. The fourth-order valence-corrected chi connectivity index (χ4v) is 5.37. The molecule has 2 aromatic rings. The average molecular weight is 408 g/mol. The molecule has 3 aliphatic rings. The lowest BCUT2D eigenvalue weighted by Gasteiger charge is -2.52. The van der Waals surface area contributed by atoms with Crippen molar-refractivity contribution in [3.8, 4) is 11.5 Å². The normalized spacial score (nSPS) is 28.0. The standard InChI is InChI=1S/C24H28N2O4/c27-22(25-18-6-2-1-3-7-18)15-26-13-12-24(28)11-5-4-8-19(24)23(26)17-9-10-20-21(14-17)30-16-29-20/h1-3,6-7,9-10,14,19,23,28H,4-5,8,11-13,15-16H2,(H,25,27)/t19-,23+,24-/m1/s1. The number of likely N-dealkylation sites (tertiary alicyclic amines) is 1. The van der Waals surface area contributed by atoms with Crippen molar-refractivity contribution in [2.45, 2.75) is 43.7 Å². The summed E-state index contributed by atoms with van der Waals surface area (Å²) in [7, 11) is 0. The van der Waals surface area contributed by atoms with Crippen LogP contribution in [-0.4, -0.2) is 41.4 Å². The Morgan fingerprint density at radius 1 is 1.10 bits per heavy atom. The van der Waals surface area contributed by atoms with E-state index in [1.54, 1.807) is 0 Å². The number of para-hydroxylation sites is 1. The van der Waals surface area contributed by atoms with Crippen LogP contribution in [0.25, 0.3) is 0 Å². The summed E-state index contributed by atoms with van der Waals surface area (Å²) in [5.41, 5.74) is 1.22. The Bertz CT molecular complexity index is 919. The van der Waals surface area contributed by atoms with E-state index >= 15 is 0 Å². The van der Waals surface area contributed by atoms with Crippen molar-refractivity contribution >= 4 is 11.6 Å². The average Bonchev–Trinajstić information content (AvgIpc) is 3.22. The fourth-order valence-electron chi connectivity index (χ4n) is 5.37. The van der Waals surface area contributed by atoms with Gasteiger partial charge in [0.15, 0.2) is 11.5 Å². The van der Waals surface area contributed by atoms with E-state index in [-0.39, 0.29) is 24.7 Å². The Kier molecular flexibility index (Phi) is 5.13. The second kappa shape index (κ2) is 7.93. The number of fused-ring (bicyclic) bond motifs is 2. The van der Waals surface area contributed by atoms with E-state index in [1.165, 1.54) is 0 Å². The number of hydrogen-bond donors (Lipinski definition) is 2. The zero-order chi connectivity index (χ0) is 20.6. The molecule has 6 heteroatoms. The summed E-state index contributed by atoms with van der Waals surface area (Å²) in [6, 6.07) is 15.5. The molecule has 0 bridgehead atoms. The highest BCUT2D eigenvalue weighted by Gasteiger charge is 2.49.